The number of hydrogen-bond acceptors (Lipinski definition) is 7. The van der Waals surface area contributed by atoms with Gasteiger partial charge in [-0.3, -0.25) is 19.2 Å². The number of nitrogens with one attached hydrogen (secondary N) is 1. The number of fused-ring (bicyclic) bond motifs is 2. The largest absolute Gasteiger partial charge is 0.463 e. The molecule has 0 aromatic heterocycles. The highest BCUT2D eigenvalue weighted by molar-refractivity contribution is 9.11. The molecule has 0 aliphatic carbocycles. The molecule has 1 aromatic carbocycles. The molecule has 2 saturated heterocycles. The van der Waals surface area contributed by atoms with Crippen LogP contribution in [0.15, 0.2) is 53.0 Å². The highest BCUT2D eigenvalue weighted by Crippen LogP contribution is 2.59. The summed E-state index contributed by atoms with van der Waals surface area (Å²) < 4.78 is 12.6. The van der Waals surface area contributed by atoms with Gasteiger partial charge in [-0.25, -0.2) is 0 Å². The molecule has 2 N–H and O–H groups in total. The van der Waals surface area contributed by atoms with Gasteiger partial charge in [0.25, 0.3) is 0 Å². The van der Waals surface area contributed by atoms with E-state index in [9.17, 15) is 24.3 Å². The van der Waals surface area contributed by atoms with Crippen LogP contribution in [0.5, 0.6) is 0 Å². The van der Waals surface area contributed by atoms with Gasteiger partial charge in [0.1, 0.15) is 24.4 Å². The van der Waals surface area contributed by atoms with E-state index in [0.717, 1.165) is 5.56 Å². The van der Waals surface area contributed by atoms with Crippen LogP contribution in [0.1, 0.15) is 45.2 Å². The Kier molecular flexibility index (Phi) is 8.41. The molecule has 1 aromatic rings. The smallest absolute Gasteiger partial charge is 0.306 e. The van der Waals surface area contributed by atoms with Gasteiger partial charge in [-0.2, -0.15) is 0 Å². The number of carbonyl (C=O) groups excluding carboxylic acids is 4. The third-order valence-electron chi connectivity index (χ3n) is 8.46. The third kappa shape index (κ3) is 5.12. The fourth-order valence-corrected chi connectivity index (χ4v) is 7.18. The van der Waals surface area contributed by atoms with E-state index in [2.05, 4.69) is 21.2 Å². The van der Waals surface area contributed by atoms with Crippen molar-refractivity contribution in [2.24, 2.45) is 11.8 Å². The van der Waals surface area contributed by atoms with E-state index in [0.29, 0.717) is 10.9 Å². The highest BCUT2D eigenvalue weighted by Gasteiger charge is 2.75. The second kappa shape index (κ2) is 11.7. The lowest BCUT2D eigenvalue weighted by molar-refractivity contribution is -0.151. The molecule has 11 heteroatoms. The van der Waals surface area contributed by atoms with Crippen molar-refractivity contribution in [2.75, 3.05) is 19.8 Å². The molecule has 4 aliphatic rings. The number of benzene rings is 1. The first-order valence-electron chi connectivity index (χ1n) is 14.1. The fourth-order valence-electron chi connectivity index (χ4n) is 6.44. The van der Waals surface area contributed by atoms with Crippen molar-refractivity contribution in [3.8, 4) is 0 Å². The summed E-state index contributed by atoms with van der Waals surface area (Å²) >= 11 is 3.55. The van der Waals surface area contributed by atoms with Crippen LogP contribution in [-0.2, 0) is 28.7 Å². The van der Waals surface area contributed by atoms with Crippen molar-refractivity contribution >= 4 is 39.6 Å². The topological polar surface area (TPSA) is 125 Å². The number of esters is 1. The molecule has 4 heterocycles. The Hall–Kier alpha value is -3.02. The Balaban J connectivity index is 1.60. The maximum absolute atomic E-state index is 14.3. The maximum Gasteiger partial charge on any atom is 0.306 e. The van der Waals surface area contributed by atoms with Crippen LogP contribution < -0.4 is 5.32 Å². The van der Waals surface area contributed by atoms with E-state index in [1.165, 1.54) is 4.90 Å². The van der Waals surface area contributed by atoms with Gasteiger partial charge in [0, 0.05) is 23.5 Å². The predicted octanol–water partition coefficient (Wildman–Crippen LogP) is 2.23. The van der Waals surface area contributed by atoms with Gasteiger partial charge < -0.3 is 29.7 Å². The standard InChI is InChI=1S/C30H36BrN3O7/c1-17(2)33-13-9-5-8-12-22(36)40-16-21(19-10-6-4-7-11-19)32-27(37)23-24-28(38)34(18(3)15-35)26(29(33)39)30(24)14-20(31)25(23)41-30/h4-7,9-11,14,17-18,21,23-26,35H,8,12-13,15-16H2,1-3H3,(H,32,37)/b9-5-/t18-,21-,23-,24+,25-,26-,30+/m1/s1. The summed E-state index contributed by atoms with van der Waals surface area (Å²) in [5.41, 5.74) is -0.642. The lowest BCUT2D eigenvalue weighted by Gasteiger charge is -2.39. The normalized spacial score (nSPS) is 33.9. The first kappa shape index (κ1) is 29.5. The third-order valence-corrected chi connectivity index (χ3v) is 9.14. The summed E-state index contributed by atoms with van der Waals surface area (Å²) in [6.07, 6.45) is 5.23. The number of halogens is 1. The quantitative estimate of drug-likeness (QED) is 0.386. The van der Waals surface area contributed by atoms with Crippen molar-refractivity contribution in [3.05, 3.63) is 58.6 Å². The number of aliphatic hydroxyl groups is 1. The van der Waals surface area contributed by atoms with Crippen molar-refractivity contribution in [1.29, 1.82) is 0 Å². The molecule has 4 aliphatic heterocycles. The van der Waals surface area contributed by atoms with Crippen molar-refractivity contribution in [3.63, 3.8) is 0 Å². The first-order chi connectivity index (χ1) is 19.6. The molecular formula is C30H36BrN3O7. The molecule has 0 unspecified atom stereocenters. The van der Waals surface area contributed by atoms with Gasteiger partial charge in [0.2, 0.25) is 17.7 Å². The predicted molar refractivity (Wildman–Crippen MR) is 152 cm³/mol. The fraction of sp³-hybridized carbons (Fsp3) is 0.533. The van der Waals surface area contributed by atoms with Gasteiger partial charge in [0.15, 0.2) is 0 Å². The molecule has 1 spiro atoms. The number of allylic oxidation sites excluding steroid dienone is 1. The van der Waals surface area contributed by atoms with Crippen LogP contribution in [-0.4, -0.2) is 88.2 Å². The molecule has 220 valence electrons. The average molecular weight is 631 g/mol. The summed E-state index contributed by atoms with van der Waals surface area (Å²) in [4.78, 5) is 58.1. The minimum absolute atomic E-state index is 0.0762. The zero-order chi connectivity index (χ0) is 29.5. The molecule has 10 nitrogen and oxygen atoms in total. The molecule has 5 bridgehead atoms. The Labute approximate surface area is 247 Å². The SMILES string of the molecule is CC(C)N1C/C=C\CCC(=O)OC[C@H](c2ccccc2)NC(=O)[C@H]2[C@@H]3O[C@@]4(C=C3Br)[C@@H]2C(=O)N([C@H](C)CO)[C@@H]4C1=O. The number of aliphatic hydroxyl groups excluding tert-OH is 1. The monoisotopic (exact) mass is 629 g/mol. The number of likely N-dealkylation sites (tertiary alicyclic amines) is 1. The van der Waals surface area contributed by atoms with Crippen LogP contribution in [0.2, 0.25) is 0 Å². The van der Waals surface area contributed by atoms with Crippen molar-refractivity contribution < 1.29 is 33.8 Å². The van der Waals surface area contributed by atoms with E-state index in [1.54, 1.807) is 17.9 Å². The van der Waals surface area contributed by atoms with E-state index in [-0.39, 0.29) is 38.1 Å². The van der Waals surface area contributed by atoms with E-state index in [1.807, 2.05) is 56.3 Å². The average Bonchev–Trinajstić information content (AvgIpc) is 3.55. The number of nitrogens with zero attached hydrogens (tertiary/aromatic N) is 2. The molecule has 7 atom stereocenters. The minimum Gasteiger partial charge on any atom is -0.463 e. The van der Waals surface area contributed by atoms with E-state index < -0.39 is 59.5 Å². The number of ether oxygens (including phenoxy) is 2. The van der Waals surface area contributed by atoms with Crippen LogP contribution >= 0.6 is 15.9 Å². The molecule has 0 saturated carbocycles. The van der Waals surface area contributed by atoms with Gasteiger partial charge in [-0.05, 0) is 38.8 Å². The minimum atomic E-state index is -1.39. The summed E-state index contributed by atoms with van der Waals surface area (Å²) in [6.45, 7) is 5.28. The number of amides is 3. The Bertz CT molecular complexity index is 1270. The molecular weight excluding hydrogens is 594 g/mol. The molecule has 2 fully saturated rings. The lowest BCUT2D eigenvalue weighted by atomic mass is 9.74. The summed E-state index contributed by atoms with van der Waals surface area (Å²) in [5.74, 6) is -3.51. The van der Waals surface area contributed by atoms with E-state index >= 15 is 0 Å². The second-order valence-electron chi connectivity index (χ2n) is 11.4. The van der Waals surface area contributed by atoms with Crippen LogP contribution in [0.3, 0.4) is 0 Å². The van der Waals surface area contributed by atoms with Crippen molar-refractivity contribution in [2.45, 2.75) is 69.5 Å². The van der Waals surface area contributed by atoms with Gasteiger partial charge in [-0.15, -0.1) is 0 Å². The second-order valence-corrected chi connectivity index (χ2v) is 12.3. The molecule has 0 radical (unpaired) electrons. The first-order valence-corrected chi connectivity index (χ1v) is 14.9. The Morgan fingerprint density at radius 3 is 2.51 bits per heavy atom. The zero-order valence-electron chi connectivity index (χ0n) is 23.4. The number of hydrogen-bond donors (Lipinski definition) is 2. The highest BCUT2D eigenvalue weighted by atomic mass is 79.9. The Morgan fingerprint density at radius 2 is 1.83 bits per heavy atom. The summed E-state index contributed by atoms with van der Waals surface area (Å²) in [7, 11) is 0. The van der Waals surface area contributed by atoms with Crippen molar-refractivity contribution in [1.82, 2.24) is 15.1 Å². The number of cyclic esters (lactones) is 1. The van der Waals surface area contributed by atoms with Crippen LogP contribution in [0.25, 0.3) is 0 Å². The lowest BCUT2D eigenvalue weighted by Crippen LogP contribution is -2.59. The Morgan fingerprint density at radius 1 is 1.10 bits per heavy atom. The summed E-state index contributed by atoms with van der Waals surface area (Å²) in [5, 5.41) is 13.1. The van der Waals surface area contributed by atoms with Gasteiger partial charge in [-0.1, -0.05) is 58.4 Å². The van der Waals surface area contributed by atoms with Crippen LogP contribution in [0.4, 0.5) is 0 Å². The van der Waals surface area contributed by atoms with E-state index in [4.69, 9.17) is 9.47 Å². The summed E-state index contributed by atoms with van der Waals surface area (Å²) in [6, 6.07) is 6.55. The molecule has 41 heavy (non-hydrogen) atoms. The van der Waals surface area contributed by atoms with Crippen LogP contribution in [0, 0.1) is 11.8 Å². The zero-order valence-corrected chi connectivity index (χ0v) is 25.0. The molecule has 5 rings (SSSR count). The number of rotatable bonds is 4. The van der Waals surface area contributed by atoms with Gasteiger partial charge >= 0.3 is 5.97 Å². The maximum atomic E-state index is 14.3. The molecule has 3 amide bonds. The van der Waals surface area contributed by atoms with Gasteiger partial charge in [0.05, 0.1) is 30.5 Å². The number of carbonyl (C=O) groups is 4.